The van der Waals surface area contributed by atoms with Crippen molar-refractivity contribution in [2.75, 3.05) is 29.9 Å². The molecule has 0 saturated heterocycles. The lowest BCUT2D eigenvalue weighted by molar-refractivity contribution is 0.628. The monoisotopic (exact) mass is 286 g/mol. The molecule has 0 atom stereocenters. The Morgan fingerprint density at radius 1 is 1.00 bits per heavy atom. The maximum atomic E-state index is 13.1. The van der Waals surface area contributed by atoms with Crippen LogP contribution in [0.3, 0.4) is 0 Å². The van der Waals surface area contributed by atoms with Gasteiger partial charge in [-0.2, -0.15) is 0 Å². The van der Waals surface area contributed by atoms with Crippen molar-refractivity contribution in [3.63, 3.8) is 0 Å². The zero-order valence-corrected chi connectivity index (χ0v) is 12.6. The molecule has 0 aromatic heterocycles. The average Bonchev–Trinajstić information content (AvgIpc) is 2.51. The number of halogens is 1. The van der Waals surface area contributed by atoms with E-state index in [-0.39, 0.29) is 5.82 Å². The quantitative estimate of drug-likeness (QED) is 0.766. The van der Waals surface area contributed by atoms with Gasteiger partial charge < -0.3 is 10.2 Å². The van der Waals surface area contributed by atoms with Gasteiger partial charge >= 0.3 is 0 Å². The van der Waals surface area contributed by atoms with Crippen LogP contribution in [0.5, 0.6) is 0 Å². The van der Waals surface area contributed by atoms with E-state index in [0.717, 1.165) is 25.3 Å². The van der Waals surface area contributed by atoms with Gasteiger partial charge in [-0.3, -0.25) is 0 Å². The molecular weight excluding hydrogens is 263 g/mol. The smallest absolute Gasteiger partial charge is 0.125 e. The molecule has 0 saturated carbocycles. The molecule has 2 aromatic rings. The van der Waals surface area contributed by atoms with Gasteiger partial charge in [0.25, 0.3) is 0 Å². The van der Waals surface area contributed by atoms with Gasteiger partial charge in [0.15, 0.2) is 0 Å². The summed E-state index contributed by atoms with van der Waals surface area (Å²) in [6, 6.07) is 17.0. The Bertz CT molecular complexity index is 528. The Morgan fingerprint density at radius 3 is 2.52 bits per heavy atom. The van der Waals surface area contributed by atoms with E-state index >= 15 is 0 Å². The number of nitrogens with one attached hydrogen (secondary N) is 1. The number of rotatable bonds is 8. The lowest BCUT2D eigenvalue weighted by Gasteiger charge is -2.25. The summed E-state index contributed by atoms with van der Waals surface area (Å²) in [6.07, 6.45) is 2.36. The van der Waals surface area contributed by atoms with E-state index in [1.165, 1.54) is 30.7 Å². The predicted octanol–water partition coefficient (Wildman–Crippen LogP) is 4.54. The minimum atomic E-state index is -0.203. The van der Waals surface area contributed by atoms with E-state index in [2.05, 4.69) is 41.4 Å². The zero-order chi connectivity index (χ0) is 14.9. The highest BCUT2D eigenvalue weighted by Crippen LogP contribution is 2.14. The van der Waals surface area contributed by atoms with Gasteiger partial charge in [-0.15, -0.1) is 0 Å². The molecule has 1 N–H and O–H groups in total. The van der Waals surface area contributed by atoms with Crippen LogP contribution in [-0.2, 0) is 0 Å². The lowest BCUT2D eigenvalue weighted by Crippen LogP contribution is -2.30. The van der Waals surface area contributed by atoms with Crippen molar-refractivity contribution in [3.8, 4) is 0 Å². The molecule has 0 spiro atoms. The number of para-hydroxylation sites is 1. The molecule has 21 heavy (non-hydrogen) atoms. The first-order valence-electron chi connectivity index (χ1n) is 7.59. The van der Waals surface area contributed by atoms with Crippen LogP contribution in [-0.4, -0.2) is 19.6 Å². The fourth-order valence-corrected chi connectivity index (χ4v) is 2.29. The summed E-state index contributed by atoms with van der Waals surface area (Å²) in [5.74, 6) is -0.203. The number of anilines is 2. The predicted molar refractivity (Wildman–Crippen MR) is 88.5 cm³/mol. The molecule has 112 valence electrons. The van der Waals surface area contributed by atoms with Crippen molar-refractivity contribution < 1.29 is 4.39 Å². The normalized spacial score (nSPS) is 10.4. The Morgan fingerprint density at radius 2 is 1.81 bits per heavy atom. The second-order valence-corrected chi connectivity index (χ2v) is 5.11. The van der Waals surface area contributed by atoms with Gasteiger partial charge in [-0.25, -0.2) is 4.39 Å². The number of hydrogen-bond donors (Lipinski definition) is 1. The fraction of sp³-hybridized carbons (Fsp3) is 0.333. The van der Waals surface area contributed by atoms with E-state index < -0.39 is 0 Å². The van der Waals surface area contributed by atoms with Crippen molar-refractivity contribution >= 4 is 11.4 Å². The van der Waals surface area contributed by atoms with E-state index in [0.29, 0.717) is 0 Å². The highest BCUT2D eigenvalue weighted by Gasteiger charge is 2.05. The lowest BCUT2D eigenvalue weighted by atomic mass is 10.2. The highest BCUT2D eigenvalue weighted by molar-refractivity contribution is 5.47. The minimum Gasteiger partial charge on any atom is -0.383 e. The summed E-state index contributed by atoms with van der Waals surface area (Å²) in [4.78, 5) is 2.37. The highest BCUT2D eigenvalue weighted by atomic mass is 19.1. The Balaban J connectivity index is 1.90. The van der Waals surface area contributed by atoms with E-state index in [1.54, 1.807) is 6.07 Å². The average molecular weight is 286 g/mol. The van der Waals surface area contributed by atoms with Crippen LogP contribution >= 0.6 is 0 Å². The van der Waals surface area contributed by atoms with Crippen LogP contribution in [0, 0.1) is 5.82 Å². The Kier molecular flexibility index (Phi) is 6.07. The van der Waals surface area contributed by atoms with Crippen LogP contribution in [0.2, 0.25) is 0 Å². The zero-order valence-electron chi connectivity index (χ0n) is 12.6. The molecule has 0 fully saturated rings. The van der Waals surface area contributed by atoms with E-state index in [4.69, 9.17) is 0 Å². The number of hydrogen-bond acceptors (Lipinski definition) is 2. The van der Waals surface area contributed by atoms with Gasteiger partial charge in [0, 0.05) is 31.0 Å². The van der Waals surface area contributed by atoms with Crippen LogP contribution in [0.15, 0.2) is 54.6 Å². The van der Waals surface area contributed by atoms with Gasteiger partial charge in [0.2, 0.25) is 0 Å². The molecule has 2 rings (SSSR count). The van der Waals surface area contributed by atoms with Crippen molar-refractivity contribution in [1.29, 1.82) is 0 Å². The van der Waals surface area contributed by atoms with Crippen molar-refractivity contribution in [3.05, 3.63) is 60.4 Å². The second-order valence-electron chi connectivity index (χ2n) is 5.11. The molecule has 0 aliphatic heterocycles. The first-order valence-corrected chi connectivity index (χ1v) is 7.59. The molecule has 3 heteroatoms. The maximum absolute atomic E-state index is 13.1. The summed E-state index contributed by atoms with van der Waals surface area (Å²) in [5.41, 5.74) is 2.07. The number of benzene rings is 2. The van der Waals surface area contributed by atoms with Gasteiger partial charge in [-0.05, 0) is 36.8 Å². The summed E-state index contributed by atoms with van der Waals surface area (Å²) in [7, 11) is 0. The van der Waals surface area contributed by atoms with Crippen molar-refractivity contribution in [1.82, 2.24) is 0 Å². The first-order chi connectivity index (χ1) is 10.3. The van der Waals surface area contributed by atoms with E-state index in [1.807, 2.05) is 12.1 Å². The minimum absolute atomic E-state index is 0.203. The van der Waals surface area contributed by atoms with Gasteiger partial charge in [-0.1, -0.05) is 37.6 Å². The van der Waals surface area contributed by atoms with Crippen LogP contribution < -0.4 is 10.2 Å². The number of nitrogens with zero attached hydrogens (tertiary/aromatic N) is 1. The molecule has 0 amide bonds. The van der Waals surface area contributed by atoms with Crippen LogP contribution in [0.25, 0.3) is 0 Å². The molecule has 2 aromatic carbocycles. The molecule has 0 aliphatic carbocycles. The standard InChI is InChI=1S/C18H23FN2/c1-2-3-13-21(18-10-5-4-6-11-18)14-12-20-17-9-7-8-16(19)15-17/h4-11,15,20H,2-3,12-14H2,1H3. The SMILES string of the molecule is CCCCN(CCNc1cccc(F)c1)c1ccccc1. The summed E-state index contributed by atoms with van der Waals surface area (Å²) in [6.45, 7) is 4.95. The fourth-order valence-electron chi connectivity index (χ4n) is 2.29. The van der Waals surface area contributed by atoms with Gasteiger partial charge in [0.1, 0.15) is 5.82 Å². The van der Waals surface area contributed by atoms with Crippen molar-refractivity contribution in [2.45, 2.75) is 19.8 Å². The van der Waals surface area contributed by atoms with Crippen LogP contribution in [0.4, 0.5) is 15.8 Å². The molecular formula is C18H23FN2. The topological polar surface area (TPSA) is 15.3 Å². The maximum Gasteiger partial charge on any atom is 0.125 e. The molecule has 0 bridgehead atoms. The van der Waals surface area contributed by atoms with E-state index in [9.17, 15) is 4.39 Å². The summed E-state index contributed by atoms with van der Waals surface area (Å²) >= 11 is 0. The molecule has 0 aliphatic rings. The molecule has 0 radical (unpaired) electrons. The molecule has 0 heterocycles. The summed E-state index contributed by atoms with van der Waals surface area (Å²) < 4.78 is 13.1. The third kappa shape index (κ3) is 5.10. The molecule has 2 nitrogen and oxygen atoms in total. The Labute approximate surface area is 126 Å². The third-order valence-corrected chi connectivity index (χ3v) is 3.44. The van der Waals surface area contributed by atoms with Crippen LogP contribution in [0.1, 0.15) is 19.8 Å². The Hall–Kier alpha value is -2.03. The van der Waals surface area contributed by atoms with Gasteiger partial charge in [0.05, 0.1) is 0 Å². The summed E-state index contributed by atoms with van der Waals surface area (Å²) in [5, 5.41) is 3.28. The second kappa shape index (κ2) is 8.30. The molecule has 0 unspecified atom stereocenters. The number of unbranched alkanes of at least 4 members (excludes halogenated alkanes) is 1. The van der Waals surface area contributed by atoms with Crippen molar-refractivity contribution in [2.24, 2.45) is 0 Å². The first kappa shape index (κ1) is 15.4. The third-order valence-electron chi connectivity index (χ3n) is 3.44. The largest absolute Gasteiger partial charge is 0.383 e.